The highest BCUT2D eigenvalue weighted by Crippen LogP contribution is 2.12. The molecule has 0 radical (unpaired) electrons. The van der Waals surface area contributed by atoms with Crippen molar-refractivity contribution >= 4 is 34.9 Å². The Labute approximate surface area is 118 Å². The molecule has 5 nitrogen and oxygen atoms in total. The maximum absolute atomic E-state index is 11.8. The standard InChI is InChI=1S/C12H9ClN2O3S/c1-7-11(19-15-14-7)12(17)18-6-10(16)8-2-4-9(13)5-3-8/h2-5H,6H2,1H3. The van der Waals surface area contributed by atoms with E-state index < -0.39 is 5.97 Å². The minimum absolute atomic E-state index is 0.292. The van der Waals surface area contributed by atoms with E-state index in [0.29, 0.717) is 21.2 Å². The first-order chi connectivity index (χ1) is 9.08. The summed E-state index contributed by atoms with van der Waals surface area (Å²) in [5, 5.41) is 4.24. The molecule has 19 heavy (non-hydrogen) atoms. The second-order valence-electron chi connectivity index (χ2n) is 3.69. The number of carbonyl (C=O) groups is 2. The average molecular weight is 297 g/mol. The van der Waals surface area contributed by atoms with E-state index in [9.17, 15) is 9.59 Å². The molecule has 1 heterocycles. The molecule has 1 aromatic heterocycles. The lowest BCUT2D eigenvalue weighted by Gasteiger charge is -2.03. The number of hydrogen-bond donors (Lipinski definition) is 0. The minimum atomic E-state index is -0.588. The first-order valence-electron chi connectivity index (χ1n) is 5.33. The van der Waals surface area contributed by atoms with Gasteiger partial charge in [-0.2, -0.15) is 0 Å². The molecule has 0 amide bonds. The van der Waals surface area contributed by atoms with Crippen LogP contribution in [0.5, 0.6) is 0 Å². The molecule has 2 rings (SSSR count). The number of esters is 1. The van der Waals surface area contributed by atoms with Crippen molar-refractivity contribution in [2.75, 3.05) is 6.61 Å². The largest absolute Gasteiger partial charge is 0.453 e. The predicted molar refractivity (Wildman–Crippen MR) is 70.7 cm³/mol. The number of halogens is 1. The molecule has 0 aliphatic carbocycles. The van der Waals surface area contributed by atoms with Crippen LogP contribution in [0.2, 0.25) is 5.02 Å². The van der Waals surface area contributed by atoms with Crippen molar-refractivity contribution in [1.82, 2.24) is 9.59 Å². The molecule has 1 aromatic carbocycles. The fourth-order valence-corrected chi connectivity index (χ4v) is 2.01. The molecular weight excluding hydrogens is 288 g/mol. The zero-order valence-corrected chi connectivity index (χ0v) is 11.5. The number of ketones is 1. The summed E-state index contributed by atoms with van der Waals surface area (Å²) < 4.78 is 8.55. The molecule has 7 heteroatoms. The molecule has 0 saturated heterocycles. The summed E-state index contributed by atoms with van der Waals surface area (Å²) in [7, 11) is 0. The molecule has 0 atom stereocenters. The Kier molecular flexibility index (Phi) is 4.24. The van der Waals surface area contributed by atoms with Crippen molar-refractivity contribution in [3.63, 3.8) is 0 Å². The van der Waals surface area contributed by atoms with Gasteiger partial charge in [0.2, 0.25) is 0 Å². The molecule has 2 aromatic rings. The summed E-state index contributed by atoms with van der Waals surface area (Å²) in [5.41, 5.74) is 0.935. The van der Waals surface area contributed by atoms with Gasteiger partial charge in [0.1, 0.15) is 0 Å². The summed E-state index contributed by atoms with van der Waals surface area (Å²) in [5.74, 6) is -0.880. The van der Waals surface area contributed by atoms with Gasteiger partial charge < -0.3 is 4.74 Å². The number of Topliss-reactive ketones (excluding diaryl/α,β-unsaturated/α-hetero) is 1. The molecular formula is C12H9ClN2O3S. The van der Waals surface area contributed by atoms with Crippen LogP contribution in [0.4, 0.5) is 0 Å². The predicted octanol–water partition coefficient (Wildman–Crippen LogP) is 2.54. The fourth-order valence-electron chi connectivity index (χ4n) is 1.33. The quantitative estimate of drug-likeness (QED) is 0.640. The number of rotatable bonds is 4. The molecule has 0 aliphatic heterocycles. The van der Waals surface area contributed by atoms with Gasteiger partial charge in [0, 0.05) is 10.6 Å². The zero-order chi connectivity index (χ0) is 13.8. The number of aromatic nitrogens is 2. The zero-order valence-electron chi connectivity index (χ0n) is 9.92. The number of ether oxygens (including phenoxy) is 1. The van der Waals surface area contributed by atoms with Crippen LogP contribution in [0.25, 0.3) is 0 Å². The van der Waals surface area contributed by atoms with E-state index in [-0.39, 0.29) is 12.4 Å². The third-order valence-corrected chi connectivity index (χ3v) is 3.40. The summed E-state index contributed by atoms with van der Waals surface area (Å²) in [4.78, 5) is 23.7. The molecule has 0 bridgehead atoms. The highest BCUT2D eigenvalue weighted by atomic mass is 35.5. The van der Waals surface area contributed by atoms with Crippen LogP contribution in [0.3, 0.4) is 0 Å². The van der Waals surface area contributed by atoms with E-state index >= 15 is 0 Å². The summed E-state index contributed by atoms with van der Waals surface area (Å²) in [6, 6.07) is 6.37. The van der Waals surface area contributed by atoms with Crippen LogP contribution in [0.15, 0.2) is 24.3 Å². The Bertz CT molecular complexity index is 610. The second kappa shape index (κ2) is 5.90. The van der Waals surface area contributed by atoms with Gasteiger partial charge in [-0.3, -0.25) is 4.79 Å². The Morgan fingerprint density at radius 1 is 1.32 bits per heavy atom. The molecule has 0 saturated carbocycles. The topological polar surface area (TPSA) is 69.2 Å². The number of carbonyl (C=O) groups excluding carboxylic acids is 2. The smallest absolute Gasteiger partial charge is 0.352 e. The molecule has 0 aliphatic rings. The Balaban J connectivity index is 1.96. The molecule has 0 fully saturated rings. The van der Waals surface area contributed by atoms with Crippen LogP contribution >= 0.6 is 23.1 Å². The highest BCUT2D eigenvalue weighted by molar-refractivity contribution is 7.07. The van der Waals surface area contributed by atoms with Crippen LogP contribution < -0.4 is 0 Å². The van der Waals surface area contributed by atoms with Crippen molar-refractivity contribution in [2.24, 2.45) is 0 Å². The van der Waals surface area contributed by atoms with Gasteiger partial charge >= 0.3 is 5.97 Å². The van der Waals surface area contributed by atoms with E-state index in [4.69, 9.17) is 16.3 Å². The Morgan fingerprint density at radius 3 is 2.58 bits per heavy atom. The molecule has 0 N–H and O–H groups in total. The van der Waals surface area contributed by atoms with Gasteiger partial charge in [-0.15, -0.1) is 5.10 Å². The van der Waals surface area contributed by atoms with E-state index in [1.807, 2.05) is 0 Å². The van der Waals surface area contributed by atoms with Gasteiger partial charge in [0.15, 0.2) is 17.3 Å². The summed E-state index contributed by atoms with van der Waals surface area (Å²) in [6.07, 6.45) is 0. The number of benzene rings is 1. The maximum atomic E-state index is 11.8. The lowest BCUT2D eigenvalue weighted by atomic mass is 10.1. The van der Waals surface area contributed by atoms with Crippen LogP contribution in [0.1, 0.15) is 25.7 Å². The van der Waals surface area contributed by atoms with Crippen LogP contribution in [-0.4, -0.2) is 27.9 Å². The number of hydrogen-bond acceptors (Lipinski definition) is 6. The molecule has 98 valence electrons. The normalized spacial score (nSPS) is 10.2. The van der Waals surface area contributed by atoms with Gasteiger partial charge in [-0.1, -0.05) is 16.1 Å². The monoisotopic (exact) mass is 296 g/mol. The van der Waals surface area contributed by atoms with Crippen molar-refractivity contribution in [3.05, 3.63) is 45.4 Å². The lowest BCUT2D eigenvalue weighted by molar-refractivity contribution is 0.0478. The number of aryl methyl sites for hydroxylation is 1. The Morgan fingerprint density at radius 2 is 2.00 bits per heavy atom. The second-order valence-corrected chi connectivity index (χ2v) is 4.88. The molecule has 0 unspecified atom stereocenters. The van der Waals surface area contributed by atoms with Crippen molar-refractivity contribution in [1.29, 1.82) is 0 Å². The van der Waals surface area contributed by atoms with Gasteiger partial charge in [-0.05, 0) is 42.7 Å². The van der Waals surface area contributed by atoms with E-state index in [1.165, 1.54) is 0 Å². The number of nitrogens with zero attached hydrogens (tertiary/aromatic N) is 2. The lowest BCUT2D eigenvalue weighted by Crippen LogP contribution is -2.14. The third-order valence-electron chi connectivity index (χ3n) is 2.34. The van der Waals surface area contributed by atoms with Crippen LogP contribution in [0, 0.1) is 6.92 Å². The minimum Gasteiger partial charge on any atom is -0.453 e. The Hall–Kier alpha value is -1.79. The van der Waals surface area contributed by atoms with E-state index in [0.717, 1.165) is 11.5 Å². The van der Waals surface area contributed by atoms with E-state index in [1.54, 1.807) is 31.2 Å². The van der Waals surface area contributed by atoms with Gasteiger partial charge in [0.05, 0.1) is 5.69 Å². The third kappa shape index (κ3) is 3.36. The van der Waals surface area contributed by atoms with Crippen molar-refractivity contribution < 1.29 is 14.3 Å². The van der Waals surface area contributed by atoms with Crippen molar-refractivity contribution in [3.8, 4) is 0 Å². The molecule has 0 spiro atoms. The first kappa shape index (κ1) is 13.6. The average Bonchev–Trinajstić information content (AvgIpc) is 2.83. The van der Waals surface area contributed by atoms with Crippen molar-refractivity contribution in [2.45, 2.75) is 6.92 Å². The maximum Gasteiger partial charge on any atom is 0.352 e. The van der Waals surface area contributed by atoms with Gasteiger partial charge in [-0.25, -0.2) is 4.79 Å². The first-order valence-corrected chi connectivity index (χ1v) is 6.48. The van der Waals surface area contributed by atoms with Gasteiger partial charge in [0.25, 0.3) is 0 Å². The fraction of sp³-hybridized carbons (Fsp3) is 0.167. The summed E-state index contributed by atoms with van der Waals surface area (Å²) >= 11 is 6.66. The summed E-state index contributed by atoms with van der Waals surface area (Å²) in [6.45, 7) is 1.33. The SMILES string of the molecule is Cc1nnsc1C(=O)OCC(=O)c1ccc(Cl)cc1. The van der Waals surface area contributed by atoms with Crippen LogP contribution in [-0.2, 0) is 4.74 Å². The van der Waals surface area contributed by atoms with E-state index in [2.05, 4.69) is 9.59 Å². The highest BCUT2D eigenvalue weighted by Gasteiger charge is 2.16.